The maximum atomic E-state index is 13.1. The number of amides is 1. The van der Waals surface area contributed by atoms with Gasteiger partial charge in [-0.25, -0.2) is 9.18 Å². The SMILES string of the molecule is O=C(Nc1ccc(N2CCN(c3ccccc3Cl)CC2)cc1C(=O)O)c1ccc(F)cc1. The van der Waals surface area contributed by atoms with E-state index in [0.717, 1.165) is 24.5 Å². The first-order chi connectivity index (χ1) is 15.4. The van der Waals surface area contributed by atoms with Crippen LogP contribution in [-0.4, -0.2) is 43.2 Å². The molecule has 164 valence electrons. The molecule has 8 heteroatoms. The van der Waals surface area contributed by atoms with Gasteiger partial charge in [-0.15, -0.1) is 0 Å². The van der Waals surface area contributed by atoms with Crippen molar-refractivity contribution in [1.82, 2.24) is 0 Å². The monoisotopic (exact) mass is 453 g/mol. The Labute approximate surface area is 189 Å². The fraction of sp³-hybridized carbons (Fsp3) is 0.167. The predicted octanol–water partition coefficient (Wildman–Crippen LogP) is 4.76. The van der Waals surface area contributed by atoms with E-state index in [0.29, 0.717) is 18.1 Å². The van der Waals surface area contributed by atoms with Crippen molar-refractivity contribution >= 4 is 40.5 Å². The van der Waals surface area contributed by atoms with Crippen LogP contribution in [-0.2, 0) is 0 Å². The molecule has 3 aromatic carbocycles. The second-order valence-electron chi connectivity index (χ2n) is 7.42. The van der Waals surface area contributed by atoms with Crippen molar-refractivity contribution in [2.45, 2.75) is 0 Å². The van der Waals surface area contributed by atoms with Crippen molar-refractivity contribution in [3.05, 3.63) is 88.7 Å². The summed E-state index contributed by atoms with van der Waals surface area (Å²) >= 11 is 6.30. The zero-order valence-corrected chi connectivity index (χ0v) is 17.8. The normalized spacial score (nSPS) is 13.7. The zero-order chi connectivity index (χ0) is 22.7. The molecule has 0 spiro atoms. The van der Waals surface area contributed by atoms with Gasteiger partial charge in [-0.3, -0.25) is 4.79 Å². The number of anilines is 3. The maximum Gasteiger partial charge on any atom is 0.337 e. The van der Waals surface area contributed by atoms with Gasteiger partial charge in [0.25, 0.3) is 5.91 Å². The molecule has 32 heavy (non-hydrogen) atoms. The van der Waals surface area contributed by atoms with Gasteiger partial charge in [-0.1, -0.05) is 23.7 Å². The first kappa shape index (κ1) is 21.6. The molecule has 0 aliphatic carbocycles. The van der Waals surface area contributed by atoms with Crippen LogP contribution in [0.4, 0.5) is 21.5 Å². The number of nitrogens with one attached hydrogen (secondary N) is 1. The molecule has 0 atom stereocenters. The molecule has 2 N–H and O–H groups in total. The quantitative estimate of drug-likeness (QED) is 0.583. The molecule has 1 amide bonds. The summed E-state index contributed by atoms with van der Waals surface area (Å²) in [7, 11) is 0. The van der Waals surface area contributed by atoms with Crippen LogP contribution in [0.2, 0.25) is 5.02 Å². The molecular formula is C24H21ClFN3O3. The highest BCUT2D eigenvalue weighted by atomic mass is 35.5. The molecule has 0 radical (unpaired) electrons. The fourth-order valence-electron chi connectivity index (χ4n) is 3.72. The molecule has 3 aromatic rings. The third kappa shape index (κ3) is 4.68. The highest BCUT2D eigenvalue weighted by molar-refractivity contribution is 6.33. The molecule has 1 aliphatic rings. The van der Waals surface area contributed by atoms with Crippen molar-refractivity contribution in [3.63, 3.8) is 0 Å². The van der Waals surface area contributed by atoms with Crippen LogP contribution in [0.15, 0.2) is 66.7 Å². The summed E-state index contributed by atoms with van der Waals surface area (Å²) in [6.45, 7) is 2.89. The van der Waals surface area contributed by atoms with E-state index >= 15 is 0 Å². The predicted molar refractivity (Wildman–Crippen MR) is 124 cm³/mol. The highest BCUT2D eigenvalue weighted by Gasteiger charge is 2.21. The van der Waals surface area contributed by atoms with E-state index in [1.165, 1.54) is 24.3 Å². The van der Waals surface area contributed by atoms with Gasteiger partial charge in [0.15, 0.2) is 0 Å². The van der Waals surface area contributed by atoms with Gasteiger partial charge in [0.1, 0.15) is 5.82 Å². The number of carboxylic acids is 1. The van der Waals surface area contributed by atoms with Crippen molar-refractivity contribution < 1.29 is 19.1 Å². The zero-order valence-electron chi connectivity index (χ0n) is 17.1. The molecule has 0 unspecified atom stereocenters. The molecule has 1 fully saturated rings. The average Bonchev–Trinajstić information content (AvgIpc) is 2.80. The highest BCUT2D eigenvalue weighted by Crippen LogP contribution is 2.29. The largest absolute Gasteiger partial charge is 0.478 e. The lowest BCUT2D eigenvalue weighted by molar-refractivity contribution is 0.0698. The van der Waals surface area contributed by atoms with Crippen LogP contribution in [0.1, 0.15) is 20.7 Å². The molecule has 4 rings (SSSR count). The minimum atomic E-state index is -1.14. The van der Waals surface area contributed by atoms with Crippen LogP contribution in [0.5, 0.6) is 0 Å². The third-order valence-corrected chi connectivity index (χ3v) is 5.75. The van der Waals surface area contributed by atoms with Crippen molar-refractivity contribution in [2.24, 2.45) is 0 Å². The molecule has 6 nitrogen and oxygen atoms in total. The summed E-state index contributed by atoms with van der Waals surface area (Å²) in [5.74, 6) is -2.10. The molecule has 1 aliphatic heterocycles. The van der Waals surface area contributed by atoms with E-state index < -0.39 is 17.7 Å². The van der Waals surface area contributed by atoms with E-state index in [9.17, 15) is 19.1 Å². The summed E-state index contributed by atoms with van der Waals surface area (Å²) in [6.07, 6.45) is 0. The Kier molecular flexibility index (Phi) is 6.28. The molecule has 1 heterocycles. The molecular weight excluding hydrogens is 433 g/mol. The Morgan fingerprint density at radius 2 is 1.56 bits per heavy atom. The smallest absolute Gasteiger partial charge is 0.337 e. The average molecular weight is 454 g/mol. The first-order valence-electron chi connectivity index (χ1n) is 10.1. The Balaban J connectivity index is 1.48. The van der Waals surface area contributed by atoms with Crippen LogP contribution in [0.25, 0.3) is 0 Å². The number of benzene rings is 3. The lowest BCUT2D eigenvalue weighted by atomic mass is 10.1. The van der Waals surface area contributed by atoms with Gasteiger partial charge >= 0.3 is 5.97 Å². The molecule has 0 aromatic heterocycles. The van der Waals surface area contributed by atoms with Crippen molar-refractivity contribution in [1.29, 1.82) is 0 Å². The number of carbonyl (C=O) groups is 2. The summed E-state index contributed by atoms with van der Waals surface area (Å²) in [6, 6.07) is 17.7. The van der Waals surface area contributed by atoms with Crippen molar-refractivity contribution in [2.75, 3.05) is 41.3 Å². The van der Waals surface area contributed by atoms with Gasteiger partial charge < -0.3 is 20.2 Å². The number of hydrogen-bond donors (Lipinski definition) is 2. The Bertz CT molecular complexity index is 1150. The molecule has 1 saturated heterocycles. The minimum Gasteiger partial charge on any atom is -0.478 e. The molecule has 0 saturated carbocycles. The summed E-state index contributed by atoms with van der Waals surface area (Å²) in [5, 5.41) is 13.0. The minimum absolute atomic E-state index is 0.00787. The number of carboxylic acid groups (broad SMARTS) is 1. The van der Waals surface area contributed by atoms with Crippen LogP contribution >= 0.6 is 11.6 Å². The second-order valence-corrected chi connectivity index (χ2v) is 7.83. The maximum absolute atomic E-state index is 13.1. The van der Waals surface area contributed by atoms with E-state index in [4.69, 9.17) is 11.6 Å². The van der Waals surface area contributed by atoms with Crippen LogP contribution in [0, 0.1) is 5.82 Å². The topological polar surface area (TPSA) is 72.9 Å². The number of aromatic carboxylic acids is 1. The Hall–Kier alpha value is -3.58. The lowest BCUT2D eigenvalue weighted by Gasteiger charge is -2.37. The third-order valence-electron chi connectivity index (χ3n) is 5.43. The van der Waals surface area contributed by atoms with Gasteiger partial charge in [0.2, 0.25) is 0 Å². The van der Waals surface area contributed by atoms with Crippen molar-refractivity contribution in [3.8, 4) is 0 Å². The summed E-state index contributed by atoms with van der Waals surface area (Å²) in [4.78, 5) is 28.6. The van der Waals surface area contributed by atoms with Crippen LogP contribution < -0.4 is 15.1 Å². The van der Waals surface area contributed by atoms with Crippen LogP contribution in [0.3, 0.4) is 0 Å². The van der Waals surface area contributed by atoms with E-state index in [2.05, 4.69) is 15.1 Å². The lowest BCUT2D eigenvalue weighted by Crippen LogP contribution is -2.46. The number of rotatable bonds is 5. The van der Waals surface area contributed by atoms with E-state index in [-0.39, 0.29) is 16.8 Å². The standard InChI is InChI=1S/C24H21ClFN3O3/c25-20-3-1-2-4-22(20)29-13-11-28(12-14-29)18-9-10-21(19(15-18)24(31)32)27-23(30)16-5-7-17(26)8-6-16/h1-10,15H,11-14H2,(H,27,30)(H,31,32). The summed E-state index contributed by atoms with van der Waals surface area (Å²) < 4.78 is 13.1. The fourth-order valence-corrected chi connectivity index (χ4v) is 3.98. The number of hydrogen-bond acceptors (Lipinski definition) is 4. The first-order valence-corrected chi connectivity index (χ1v) is 10.5. The molecule has 0 bridgehead atoms. The Morgan fingerprint density at radius 3 is 2.22 bits per heavy atom. The Morgan fingerprint density at radius 1 is 0.906 bits per heavy atom. The van der Waals surface area contributed by atoms with Gasteiger partial charge in [-0.2, -0.15) is 0 Å². The van der Waals surface area contributed by atoms with Gasteiger partial charge in [0, 0.05) is 37.4 Å². The van der Waals surface area contributed by atoms with E-state index in [1.807, 2.05) is 24.3 Å². The number of carbonyl (C=O) groups excluding carboxylic acids is 1. The van der Waals surface area contributed by atoms with E-state index in [1.54, 1.807) is 18.2 Å². The number of para-hydroxylation sites is 1. The number of piperazine rings is 1. The van der Waals surface area contributed by atoms with Gasteiger partial charge in [0.05, 0.1) is 22.0 Å². The summed E-state index contributed by atoms with van der Waals surface area (Å²) in [5.41, 5.74) is 2.17. The van der Waals surface area contributed by atoms with Gasteiger partial charge in [-0.05, 0) is 54.6 Å². The second kappa shape index (κ2) is 9.28. The number of halogens is 2. The number of nitrogens with zero attached hydrogens (tertiary/aromatic N) is 2.